The third-order valence-electron chi connectivity index (χ3n) is 4.48. The van der Waals surface area contributed by atoms with Crippen LogP contribution in [0.15, 0.2) is 24.3 Å². The quantitative estimate of drug-likeness (QED) is 0.814. The number of hydrogen-bond donors (Lipinski definition) is 1. The fraction of sp³-hybridized carbons (Fsp3) is 0.611. The molecule has 0 atom stereocenters. The zero-order valence-corrected chi connectivity index (χ0v) is 14.6. The van der Waals surface area contributed by atoms with Gasteiger partial charge in [0.15, 0.2) is 0 Å². The monoisotopic (exact) mass is 324 g/mol. The number of benzene rings is 1. The Morgan fingerprint density at radius 2 is 1.82 bits per heavy atom. The fourth-order valence-electron chi connectivity index (χ4n) is 2.93. The number of piperidine rings is 1. The van der Waals surface area contributed by atoms with Crippen molar-refractivity contribution >= 4 is 18.3 Å². The Labute approximate surface area is 140 Å². The van der Waals surface area contributed by atoms with Crippen molar-refractivity contribution in [1.82, 2.24) is 10.2 Å². The fourth-order valence-corrected chi connectivity index (χ4v) is 2.93. The first-order valence-electron chi connectivity index (χ1n) is 8.19. The summed E-state index contributed by atoms with van der Waals surface area (Å²) in [5, 5.41) is 3.34. The minimum atomic E-state index is 0. The van der Waals surface area contributed by atoms with Crippen LogP contribution in [-0.2, 0) is 11.2 Å². The van der Waals surface area contributed by atoms with E-state index < -0.39 is 0 Å². The number of nitrogens with one attached hydrogen (secondary N) is 1. The van der Waals surface area contributed by atoms with Gasteiger partial charge in [-0.05, 0) is 57.7 Å². The second-order valence-corrected chi connectivity index (χ2v) is 6.18. The first kappa shape index (κ1) is 19.0. The average molecular weight is 325 g/mol. The predicted molar refractivity (Wildman–Crippen MR) is 94.6 cm³/mol. The zero-order chi connectivity index (χ0) is 15.1. The Balaban J connectivity index is 0.00000242. The van der Waals surface area contributed by atoms with Crippen molar-refractivity contribution in [1.29, 1.82) is 0 Å². The largest absolute Gasteiger partial charge is 0.343 e. The Morgan fingerprint density at radius 3 is 2.45 bits per heavy atom. The predicted octanol–water partition coefficient (Wildman–Crippen LogP) is 3.34. The van der Waals surface area contributed by atoms with Gasteiger partial charge in [-0.25, -0.2) is 0 Å². The standard InChI is InChI=1S/C18H28N2O.ClH/c1-15-7-9-16(10-8-15)5-3-4-6-18(21)20(2)17-11-13-19-14-12-17;/h7-10,17,19H,3-6,11-14H2,1-2H3;1H. The van der Waals surface area contributed by atoms with Gasteiger partial charge in [0, 0.05) is 19.5 Å². The van der Waals surface area contributed by atoms with E-state index >= 15 is 0 Å². The van der Waals surface area contributed by atoms with Crippen LogP contribution in [0.1, 0.15) is 43.2 Å². The Bertz CT molecular complexity index is 441. The van der Waals surface area contributed by atoms with E-state index in [-0.39, 0.29) is 12.4 Å². The maximum atomic E-state index is 12.2. The summed E-state index contributed by atoms with van der Waals surface area (Å²) in [6.45, 7) is 4.19. The molecule has 1 aliphatic rings. The lowest BCUT2D eigenvalue weighted by molar-refractivity contribution is -0.132. The number of halogens is 1. The van der Waals surface area contributed by atoms with Crippen molar-refractivity contribution in [3.8, 4) is 0 Å². The van der Waals surface area contributed by atoms with Gasteiger partial charge < -0.3 is 10.2 Å². The molecule has 1 aromatic rings. The Morgan fingerprint density at radius 1 is 1.18 bits per heavy atom. The van der Waals surface area contributed by atoms with Crippen molar-refractivity contribution in [3.63, 3.8) is 0 Å². The van der Waals surface area contributed by atoms with Gasteiger partial charge >= 0.3 is 0 Å². The molecule has 2 rings (SSSR count). The molecule has 1 heterocycles. The molecule has 124 valence electrons. The summed E-state index contributed by atoms with van der Waals surface area (Å²) in [6.07, 6.45) is 6.02. The smallest absolute Gasteiger partial charge is 0.222 e. The lowest BCUT2D eigenvalue weighted by atomic mass is 10.0. The summed E-state index contributed by atoms with van der Waals surface area (Å²) in [4.78, 5) is 14.2. The summed E-state index contributed by atoms with van der Waals surface area (Å²) in [6, 6.07) is 9.14. The molecule has 0 aliphatic carbocycles. The SMILES string of the molecule is Cc1ccc(CCCCC(=O)N(C)C2CCNCC2)cc1.Cl. The van der Waals surface area contributed by atoms with Crippen LogP contribution in [-0.4, -0.2) is 37.0 Å². The number of aryl methyl sites for hydroxylation is 2. The van der Waals surface area contributed by atoms with Crippen LogP contribution in [0.4, 0.5) is 0 Å². The molecule has 0 spiro atoms. The van der Waals surface area contributed by atoms with Crippen molar-refractivity contribution in [2.45, 2.75) is 51.5 Å². The van der Waals surface area contributed by atoms with E-state index in [1.165, 1.54) is 11.1 Å². The molecule has 1 saturated heterocycles. The maximum Gasteiger partial charge on any atom is 0.222 e. The molecule has 1 amide bonds. The van der Waals surface area contributed by atoms with Crippen LogP contribution in [0.25, 0.3) is 0 Å². The highest BCUT2D eigenvalue weighted by Gasteiger charge is 2.21. The number of amides is 1. The van der Waals surface area contributed by atoms with Crippen LogP contribution in [0.2, 0.25) is 0 Å². The molecule has 4 heteroatoms. The first-order valence-corrected chi connectivity index (χ1v) is 8.19. The number of rotatable bonds is 6. The van der Waals surface area contributed by atoms with Crippen LogP contribution < -0.4 is 5.32 Å². The number of carbonyl (C=O) groups is 1. The van der Waals surface area contributed by atoms with E-state index in [4.69, 9.17) is 0 Å². The summed E-state index contributed by atoms with van der Waals surface area (Å²) >= 11 is 0. The highest BCUT2D eigenvalue weighted by Crippen LogP contribution is 2.13. The second kappa shape index (κ2) is 9.86. The van der Waals surface area contributed by atoms with Gasteiger partial charge in [-0.1, -0.05) is 29.8 Å². The maximum absolute atomic E-state index is 12.2. The van der Waals surface area contributed by atoms with Crippen molar-refractivity contribution < 1.29 is 4.79 Å². The number of carbonyl (C=O) groups excluding carboxylic acids is 1. The van der Waals surface area contributed by atoms with Crippen molar-refractivity contribution in [3.05, 3.63) is 35.4 Å². The molecular formula is C18H29ClN2O. The Hall–Kier alpha value is -1.06. The van der Waals surface area contributed by atoms with E-state index in [1.54, 1.807) is 0 Å². The zero-order valence-electron chi connectivity index (χ0n) is 13.8. The van der Waals surface area contributed by atoms with Crippen LogP contribution in [0.5, 0.6) is 0 Å². The summed E-state index contributed by atoms with van der Waals surface area (Å²) in [7, 11) is 1.97. The molecule has 1 fully saturated rings. The minimum absolute atomic E-state index is 0. The van der Waals surface area contributed by atoms with E-state index in [2.05, 4.69) is 36.5 Å². The van der Waals surface area contributed by atoms with Crippen LogP contribution in [0.3, 0.4) is 0 Å². The Kier molecular flexibility index (Phi) is 8.51. The third-order valence-corrected chi connectivity index (χ3v) is 4.48. The van der Waals surface area contributed by atoms with Gasteiger partial charge in [0.05, 0.1) is 0 Å². The lowest BCUT2D eigenvalue weighted by Gasteiger charge is -2.31. The summed E-state index contributed by atoms with van der Waals surface area (Å²) < 4.78 is 0. The molecule has 1 aliphatic heterocycles. The molecule has 0 radical (unpaired) electrons. The molecule has 0 saturated carbocycles. The van der Waals surface area contributed by atoms with Crippen LogP contribution >= 0.6 is 12.4 Å². The minimum Gasteiger partial charge on any atom is -0.343 e. The molecule has 1 aromatic carbocycles. The van der Waals surface area contributed by atoms with Crippen molar-refractivity contribution in [2.24, 2.45) is 0 Å². The number of unbranched alkanes of at least 4 members (excludes halogenated alkanes) is 1. The molecule has 22 heavy (non-hydrogen) atoms. The summed E-state index contributed by atoms with van der Waals surface area (Å²) in [5.74, 6) is 0.311. The van der Waals surface area contributed by atoms with Gasteiger partial charge in [0.2, 0.25) is 5.91 Å². The van der Waals surface area contributed by atoms with E-state index in [9.17, 15) is 4.79 Å². The van der Waals surface area contributed by atoms with Gasteiger partial charge in [-0.15, -0.1) is 12.4 Å². The highest BCUT2D eigenvalue weighted by molar-refractivity contribution is 5.85. The second-order valence-electron chi connectivity index (χ2n) is 6.18. The number of nitrogens with zero attached hydrogens (tertiary/aromatic N) is 1. The highest BCUT2D eigenvalue weighted by atomic mass is 35.5. The topological polar surface area (TPSA) is 32.3 Å². The molecule has 0 bridgehead atoms. The molecule has 1 N–H and O–H groups in total. The normalized spacial score (nSPS) is 15.2. The molecule has 0 aromatic heterocycles. The summed E-state index contributed by atoms with van der Waals surface area (Å²) in [5.41, 5.74) is 2.68. The van der Waals surface area contributed by atoms with E-state index in [0.29, 0.717) is 18.4 Å². The first-order chi connectivity index (χ1) is 10.2. The van der Waals surface area contributed by atoms with E-state index in [1.807, 2.05) is 11.9 Å². The average Bonchev–Trinajstić information content (AvgIpc) is 2.53. The van der Waals surface area contributed by atoms with E-state index in [0.717, 1.165) is 45.2 Å². The lowest BCUT2D eigenvalue weighted by Crippen LogP contribution is -2.43. The number of hydrogen-bond acceptors (Lipinski definition) is 2. The van der Waals surface area contributed by atoms with Gasteiger partial charge in [-0.2, -0.15) is 0 Å². The van der Waals surface area contributed by atoms with Gasteiger partial charge in [0.25, 0.3) is 0 Å². The van der Waals surface area contributed by atoms with Crippen LogP contribution in [0, 0.1) is 6.92 Å². The molecule has 0 unspecified atom stereocenters. The molecular weight excluding hydrogens is 296 g/mol. The van der Waals surface area contributed by atoms with Gasteiger partial charge in [0.1, 0.15) is 0 Å². The molecule has 3 nitrogen and oxygen atoms in total. The van der Waals surface area contributed by atoms with Crippen molar-refractivity contribution in [2.75, 3.05) is 20.1 Å². The third kappa shape index (κ3) is 5.98. The van der Waals surface area contributed by atoms with Gasteiger partial charge in [-0.3, -0.25) is 4.79 Å².